The van der Waals surface area contributed by atoms with Gasteiger partial charge in [-0.15, -0.1) is 0 Å². The number of amides is 1. The summed E-state index contributed by atoms with van der Waals surface area (Å²) in [5.41, 5.74) is 1.30. The second-order valence-corrected chi connectivity index (χ2v) is 7.30. The first-order chi connectivity index (χ1) is 13.7. The van der Waals surface area contributed by atoms with E-state index < -0.39 is 11.7 Å². The Hall–Kier alpha value is -2.87. The van der Waals surface area contributed by atoms with Crippen LogP contribution in [0.5, 0.6) is 0 Å². The van der Waals surface area contributed by atoms with Crippen LogP contribution < -0.4 is 4.90 Å². The van der Waals surface area contributed by atoms with Crippen LogP contribution in [-0.4, -0.2) is 22.6 Å². The number of hydrogen-bond acceptors (Lipinski definition) is 4. The molecular formula is C20H15ClF3N3O2. The van der Waals surface area contributed by atoms with Crippen molar-refractivity contribution in [3.63, 3.8) is 0 Å². The van der Waals surface area contributed by atoms with E-state index in [-0.39, 0.29) is 30.0 Å². The van der Waals surface area contributed by atoms with Crippen LogP contribution in [0.3, 0.4) is 0 Å². The van der Waals surface area contributed by atoms with Crippen LogP contribution in [0.2, 0.25) is 5.02 Å². The number of carbonyl (C=O) groups excluding carboxylic acids is 1. The van der Waals surface area contributed by atoms with Gasteiger partial charge in [0, 0.05) is 29.2 Å². The van der Waals surface area contributed by atoms with E-state index in [1.807, 2.05) is 6.92 Å². The highest BCUT2D eigenvalue weighted by molar-refractivity contribution is 6.30. The largest absolute Gasteiger partial charge is 0.416 e. The van der Waals surface area contributed by atoms with Crippen LogP contribution in [0.1, 0.15) is 29.4 Å². The Kier molecular flexibility index (Phi) is 4.82. The quantitative estimate of drug-likeness (QED) is 0.580. The minimum absolute atomic E-state index is 0.0743. The van der Waals surface area contributed by atoms with E-state index in [0.29, 0.717) is 17.1 Å². The van der Waals surface area contributed by atoms with Crippen molar-refractivity contribution in [2.75, 3.05) is 11.4 Å². The van der Waals surface area contributed by atoms with Crippen molar-refractivity contribution in [1.82, 2.24) is 10.1 Å². The fraction of sp³-hybridized carbons (Fsp3) is 0.250. The number of benzene rings is 2. The monoisotopic (exact) mass is 421 g/mol. The van der Waals surface area contributed by atoms with Gasteiger partial charge < -0.3 is 9.42 Å². The highest BCUT2D eigenvalue weighted by atomic mass is 35.5. The maximum Gasteiger partial charge on any atom is 0.416 e. The first kappa shape index (κ1) is 19.4. The minimum Gasteiger partial charge on any atom is -0.339 e. The predicted octanol–water partition coefficient (Wildman–Crippen LogP) is 5.24. The summed E-state index contributed by atoms with van der Waals surface area (Å²) in [7, 11) is 0. The Balaban J connectivity index is 1.53. The Labute approximate surface area is 169 Å². The number of aromatic nitrogens is 2. The van der Waals surface area contributed by atoms with Crippen LogP contribution >= 0.6 is 11.6 Å². The molecule has 1 aliphatic heterocycles. The summed E-state index contributed by atoms with van der Waals surface area (Å²) in [5, 5.41) is 4.45. The molecule has 1 saturated heterocycles. The molecule has 3 aromatic rings. The lowest BCUT2D eigenvalue weighted by molar-refractivity contribution is -0.137. The normalized spacial score (nSPS) is 17.2. The van der Waals surface area contributed by atoms with Crippen molar-refractivity contribution < 1.29 is 22.5 Å². The number of anilines is 1. The number of alkyl halides is 3. The fourth-order valence-corrected chi connectivity index (χ4v) is 3.58. The fourth-order valence-electron chi connectivity index (χ4n) is 3.35. The van der Waals surface area contributed by atoms with Gasteiger partial charge in [-0.3, -0.25) is 4.79 Å². The average molecular weight is 422 g/mol. The molecule has 9 heteroatoms. The van der Waals surface area contributed by atoms with E-state index in [0.717, 1.165) is 23.4 Å². The lowest BCUT2D eigenvalue weighted by Gasteiger charge is -2.18. The average Bonchev–Trinajstić information content (AvgIpc) is 3.28. The van der Waals surface area contributed by atoms with Gasteiger partial charge in [-0.2, -0.15) is 18.2 Å². The molecule has 29 heavy (non-hydrogen) atoms. The van der Waals surface area contributed by atoms with Gasteiger partial charge in [0.15, 0.2) is 0 Å². The third-order valence-corrected chi connectivity index (χ3v) is 5.07. The zero-order chi connectivity index (χ0) is 20.8. The van der Waals surface area contributed by atoms with Gasteiger partial charge in [0.2, 0.25) is 17.6 Å². The Bertz CT molecular complexity index is 1060. The molecular weight excluding hydrogens is 407 g/mol. The topological polar surface area (TPSA) is 59.2 Å². The van der Waals surface area contributed by atoms with Crippen LogP contribution in [-0.2, 0) is 11.0 Å². The molecule has 1 atom stereocenters. The molecule has 2 aromatic carbocycles. The molecule has 0 N–H and O–H groups in total. The summed E-state index contributed by atoms with van der Waals surface area (Å²) in [5.74, 6) is 0.0904. The molecule has 0 radical (unpaired) electrons. The molecule has 5 nitrogen and oxygen atoms in total. The summed E-state index contributed by atoms with van der Waals surface area (Å²) < 4.78 is 43.4. The lowest BCUT2D eigenvalue weighted by Crippen LogP contribution is -2.25. The standard InChI is InChI=1S/C20H15ClF3N3O2/c1-11-8-15(21)6-7-16(11)27-10-13(9-17(27)28)19-25-18(26-29-19)12-2-4-14(5-3-12)20(22,23)24/h2-8,13H,9-10H2,1H3. The highest BCUT2D eigenvalue weighted by Crippen LogP contribution is 2.35. The van der Waals surface area contributed by atoms with E-state index in [2.05, 4.69) is 10.1 Å². The molecule has 0 bridgehead atoms. The maximum absolute atomic E-state index is 12.7. The van der Waals surface area contributed by atoms with Crippen molar-refractivity contribution >= 4 is 23.2 Å². The molecule has 0 saturated carbocycles. The van der Waals surface area contributed by atoms with Crippen molar-refractivity contribution in [2.24, 2.45) is 0 Å². The molecule has 0 aliphatic carbocycles. The van der Waals surface area contributed by atoms with Crippen LogP contribution in [0, 0.1) is 6.92 Å². The SMILES string of the molecule is Cc1cc(Cl)ccc1N1CC(c2nc(-c3ccc(C(F)(F)F)cc3)no2)CC1=O. The molecule has 1 unspecified atom stereocenters. The van der Waals surface area contributed by atoms with E-state index in [9.17, 15) is 18.0 Å². The van der Waals surface area contributed by atoms with Crippen LogP contribution in [0.25, 0.3) is 11.4 Å². The van der Waals surface area contributed by atoms with Crippen LogP contribution in [0.4, 0.5) is 18.9 Å². The third kappa shape index (κ3) is 3.85. The Morgan fingerprint density at radius 3 is 2.55 bits per heavy atom. The van der Waals surface area contributed by atoms with E-state index in [1.165, 1.54) is 12.1 Å². The molecule has 0 spiro atoms. The number of halogens is 4. The number of carbonyl (C=O) groups is 1. The van der Waals surface area contributed by atoms with Gasteiger partial charge in [-0.25, -0.2) is 0 Å². The number of aryl methyl sites for hydroxylation is 1. The van der Waals surface area contributed by atoms with Gasteiger partial charge in [0.1, 0.15) is 0 Å². The van der Waals surface area contributed by atoms with Gasteiger partial charge >= 0.3 is 6.18 Å². The molecule has 1 fully saturated rings. The lowest BCUT2D eigenvalue weighted by atomic mass is 10.1. The molecule has 2 heterocycles. The molecule has 4 rings (SSSR count). The summed E-state index contributed by atoms with van der Waals surface area (Å²) in [4.78, 5) is 18.4. The highest BCUT2D eigenvalue weighted by Gasteiger charge is 2.36. The minimum atomic E-state index is -4.41. The second kappa shape index (κ2) is 7.18. The summed E-state index contributed by atoms with van der Waals surface area (Å²) in [6.45, 7) is 2.24. The molecule has 1 amide bonds. The molecule has 1 aromatic heterocycles. The summed E-state index contributed by atoms with van der Waals surface area (Å²) >= 11 is 5.98. The molecule has 150 valence electrons. The summed E-state index contributed by atoms with van der Waals surface area (Å²) in [6.07, 6.45) is -4.20. The van der Waals surface area contributed by atoms with Gasteiger partial charge in [-0.1, -0.05) is 28.9 Å². The van der Waals surface area contributed by atoms with Crippen molar-refractivity contribution in [3.05, 3.63) is 64.5 Å². The van der Waals surface area contributed by atoms with E-state index in [4.69, 9.17) is 16.1 Å². The third-order valence-electron chi connectivity index (χ3n) is 4.84. The van der Waals surface area contributed by atoms with Crippen molar-refractivity contribution in [2.45, 2.75) is 25.4 Å². The first-order valence-corrected chi connectivity index (χ1v) is 9.18. The van der Waals surface area contributed by atoms with Gasteiger partial charge in [0.25, 0.3) is 0 Å². The Morgan fingerprint density at radius 2 is 1.90 bits per heavy atom. The second-order valence-electron chi connectivity index (χ2n) is 6.87. The number of hydrogen-bond donors (Lipinski definition) is 0. The smallest absolute Gasteiger partial charge is 0.339 e. The van der Waals surface area contributed by atoms with Gasteiger partial charge in [-0.05, 0) is 42.8 Å². The number of rotatable bonds is 3. The van der Waals surface area contributed by atoms with Gasteiger partial charge in [0.05, 0.1) is 11.5 Å². The van der Waals surface area contributed by atoms with E-state index in [1.54, 1.807) is 23.1 Å². The predicted molar refractivity (Wildman–Crippen MR) is 101 cm³/mol. The Morgan fingerprint density at radius 1 is 1.17 bits per heavy atom. The van der Waals surface area contributed by atoms with Crippen molar-refractivity contribution in [1.29, 1.82) is 0 Å². The summed E-state index contributed by atoms with van der Waals surface area (Å²) in [6, 6.07) is 9.82. The van der Waals surface area contributed by atoms with E-state index >= 15 is 0 Å². The molecule has 1 aliphatic rings. The van der Waals surface area contributed by atoms with Crippen molar-refractivity contribution in [3.8, 4) is 11.4 Å². The van der Waals surface area contributed by atoms with Crippen LogP contribution in [0.15, 0.2) is 47.0 Å². The maximum atomic E-state index is 12.7. The first-order valence-electron chi connectivity index (χ1n) is 8.80. The zero-order valence-electron chi connectivity index (χ0n) is 15.2. The zero-order valence-corrected chi connectivity index (χ0v) is 16.0. The number of nitrogens with zero attached hydrogens (tertiary/aromatic N) is 3.